The molecule has 1 N–H and O–H groups in total. The molecule has 0 spiro atoms. The van der Waals surface area contributed by atoms with Crippen molar-refractivity contribution >= 4 is 39.5 Å². The number of nitrogens with one attached hydrogen (secondary N) is 1. The van der Waals surface area contributed by atoms with Gasteiger partial charge in [0.15, 0.2) is 11.5 Å². The second-order valence-corrected chi connectivity index (χ2v) is 7.65. The van der Waals surface area contributed by atoms with Crippen LogP contribution in [0.3, 0.4) is 0 Å². The molecule has 28 heavy (non-hydrogen) atoms. The van der Waals surface area contributed by atoms with Gasteiger partial charge in [-0.3, -0.25) is 15.0 Å². The van der Waals surface area contributed by atoms with Crippen molar-refractivity contribution in [3.05, 3.63) is 58.1 Å². The number of hydrazine groups is 1. The van der Waals surface area contributed by atoms with Crippen molar-refractivity contribution in [1.29, 1.82) is 0 Å². The van der Waals surface area contributed by atoms with Gasteiger partial charge in [-0.05, 0) is 47.9 Å². The number of anilines is 1. The number of amides is 2. The average molecular weight is 445 g/mol. The number of carbonyl (C=O) groups is 2. The second kappa shape index (κ2) is 8.48. The van der Waals surface area contributed by atoms with Gasteiger partial charge < -0.3 is 9.47 Å². The van der Waals surface area contributed by atoms with Crippen LogP contribution in [0.4, 0.5) is 5.69 Å². The summed E-state index contributed by atoms with van der Waals surface area (Å²) >= 11 is 3.37. The highest BCUT2D eigenvalue weighted by Gasteiger charge is 2.34. The summed E-state index contributed by atoms with van der Waals surface area (Å²) in [7, 11) is 1.55. The second-order valence-electron chi connectivity index (χ2n) is 6.73. The number of nitrogens with zero attached hydrogens (tertiary/aromatic N) is 1. The standard InChI is InChI=1S/C21H21BrN2O4/c1-13(2)12-28-18-8-7-14(10-19(18)27-3)9-17-20(25)23-24(21(17)26)16-6-4-5-15(22)11-16/h4-11,13H,12H2,1-3H3,(H,23,25)/b17-9-. The van der Waals surface area contributed by atoms with Crippen molar-refractivity contribution in [3.8, 4) is 11.5 Å². The summed E-state index contributed by atoms with van der Waals surface area (Å²) in [6.45, 7) is 4.69. The fourth-order valence-electron chi connectivity index (χ4n) is 2.67. The Labute approximate surface area is 172 Å². The van der Waals surface area contributed by atoms with Gasteiger partial charge in [-0.2, -0.15) is 0 Å². The Morgan fingerprint density at radius 3 is 2.61 bits per heavy atom. The zero-order valence-electron chi connectivity index (χ0n) is 15.9. The first kappa shape index (κ1) is 19.9. The third kappa shape index (κ3) is 4.36. The Morgan fingerprint density at radius 2 is 1.93 bits per heavy atom. The number of ether oxygens (including phenoxy) is 2. The molecule has 2 aromatic carbocycles. The first-order chi connectivity index (χ1) is 13.4. The van der Waals surface area contributed by atoms with E-state index in [2.05, 4.69) is 35.2 Å². The van der Waals surface area contributed by atoms with Crippen LogP contribution in [0.15, 0.2) is 52.5 Å². The van der Waals surface area contributed by atoms with E-state index in [9.17, 15) is 9.59 Å². The number of benzene rings is 2. The topological polar surface area (TPSA) is 67.9 Å². The lowest BCUT2D eigenvalue weighted by atomic mass is 10.1. The molecule has 1 aliphatic heterocycles. The number of rotatable bonds is 6. The van der Waals surface area contributed by atoms with E-state index in [-0.39, 0.29) is 5.57 Å². The molecule has 2 amide bonds. The maximum absolute atomic E-state index is 12.7. The fraction of sp³-hybridized carbons (Fsp3) is 0.238. The SMILES string of the molecule is COc1cc(/C=C2/C(=O)NN(c3cccc(Br)c3)C2=O)ccc1OCC(C)C. The van der Waals surface area contributed by atoms with E-state index in [1.165, 1.54) is 5.01 Å². The molecule has 2 aromatic rings. The molecule has 0 aliphatic carbocycles. The third-order valence-corrected chi connectivity index (χ3v) is 4.52. The van der Waals surface area contributed by atoms with E-state index in [0.717, 1.165) is 4.47 Å². The van der Waals surface area contributed by atoms with Crippen LogP contribution in [0.2, 0.25) is 0 Å². The Morgan fingerprint density at radius 1 is 1.14 bits per heavy atom. The predicted molar refractivity (Wildman–Crippen MR) is 111 cm³/mol. The summed E-state index contributed by atoms with van der Waals surface area (Å²) in [5, 5.41) is 1.23. The smallest absolute Gasteiger partial charge is 0.282 e. The summed E-state index contributed by atoms with van der Waals surface area (Å²) in [5.41, 5.74) is 3.89. The predicted octanol–water partition coefficient (Wildman–Crippen LogP) is 3.95. The summed E-state index contributed by atoms with van der Waals surface area (Å²) in [4.78, 5) is 25.1. The molecular formula is C21H21BrN2O4. The van der Waals surface area contributed by atoms with Gasteiger partial charge in [0.1, 0.15) is 5.57 Å². The summed E-state index contributed by atoms with van der Waals surface area (Å²) < 4.78 is 11.9. The lowest BCUT2D eigenvalue weighted by Gasteiger charge is -2.14. The average Bonchev–Trinajstić information content (AvgIpc) is 2.95. The highest BCUT2D eigenvalue weighted by atomic mass is 79.9. The molecule has 3 rings (SSSR count). The Balaban J connectivity index is 1.86. The number of methoxy groups -OCH3 is 1. The minimum Gasteiger partial charge on any atom is -0.493 e. The summed E-state index contributed by atoms with van der Waals surface area (Å²) in [5.74, 6) is 0.683. The van der Waals surface area contributed by atoms with Crippen LogP contribution in [0.25, 0.3) is 6.08 Å². The van der Waals surface area contributed by atoms with Crippen LogP contribution >= 0.6 is 15.9 Å². The summed E-state index contributed by atoms with van der Waals surface area (Å²) in [6.07, 6.45) is 1.55. The number of carbonyl (C=O) groups excluding carboxylic acids is 2. The normalized spacial score (nSPS) is 15.3. The van der Waals surface area contributed by atoms with Crippen molar-refractivity contribution in [1.82, 2.24) is 5.43 Å². The van der Waals surface area contributed by atoms with Gasteiger partial charge in [-0.15, -0.1) is 0 Å². The fourth-order valence-corrected chi connectivity index (χ4v) is 3.06. The Hall–Kier alpha value is -2.80. The van der Waals surface area contributed by atoms with E-state index in [0.29, 0.717) is 35.3 Å². The molecule has 0 atom stereocenters. The lowest BCUT2D eigenvalue weighted by molar-refractivity contribution is -0.117. The lowest BCUT2D eigenvalue weighted by Crippen LogP contribution is -2.35. The first-order valence-electron chi connectivity index (χ1n) is 8.82. The molecule has 1 fully saturated rings. The zero-order chi connectivity index (χ0) is 20.3. The molecule has 0 unspecified atom stereocenters. The first-order valence-corrected chi connectivity index (χ1v) is 9.62. The molecule has 6 nitrogen and oxygen atoms in total. The van der Waals surface area contributed by atoms with E-state index in [1.54, 1.807) is 49.6 Å². The molecule has 0 radical (unpaired) electrons. The molecule has 7 heteroatoms. The minimum absolute atomic E-state index is 0.0536. The quantitative estimate of drug-likeness (QED) is 0.540. The largest absolute Gasteiger partial charge is 0.493 e. The van der Waals surface area contributed by atoms with Crippen LogP contribution in [-0.4, -0.2) is 25.5 Å². The van der Waals surface area contributed by atoms with Crippen LogP contribution in [0.1, 0.15) is 19.4 Å². The maximum Gasteiger partial charge on any atom is 0.282 e. The van der Waals surface area contributed by atoms with Gasteiger partial charge in [0.05, 0.1) is 19.4 Å². The van der Waals surface area contributed by atoms with E-state index < -0.39 is 11.8 Å². The van der Waals surface area contributed by atoms with E-state index >= 15 is 0 Å². The monoisotopic (exact) mass is 444 g/mol. The van der Waals surface area contributed by atoms with E-state index in [1.807, 2.05) is 6.07 Å². The summed E-state index contributed by atoms with van der Waals surface area (Å²) in [6, 6.07) is 12.4. The van der Waals surface area contributed by atoms with E-state index in [4.69, 9.17) is 9.47 Å². The molecule has 1 heterocycles. The third-order valence-electron chi connectivity index (χ3n) is 4.03. The van der Waals surface area contributed by atoms with Crippen LogP contribution < -0.4 is 19.9 Å². The zero-order valence-corrected chi connectivity index (χ0v) is 17.4. The number of halogens is 1. The number of hydrogen-bond donors (Lipinski definition) is 1. The van der Waals surface area contributed by atoms with Gasteiger partial charge in [-0.1, -0.05) is 41.9 Å². The van der Waals surface area contributed by atoms with Gasteiger partial charge in [0.2, 0.25) is 0 Å². The van der Waals surface area contributed by atoms with Gasteiger partial charge in [0, 0.05) is 4.47 Å². The molecule has 1 saturated heterocycles. The van der Waals surface area contributed by atoms with Gasteiger partial charge in [-0.25, -0.2) is 5.01 Å². The van der Waals surface area contributed by atoms with Crippen LogP contribution in [0, 0.1) is 5.92 Å². The van der Waals surface area contributed by atoms with Crippen LogP contribution in [-0.2, 0) is 9.59 Å². The Kier molecular flexibility index (Phi) is 6.04. The molecule has 146 valence electrons. The minimum atomic E-state index is -0.455. The highest BCUT2D eigenvalue weighted by molar-refractivity contribution is 9.10. The molecular weight excluding hydrogens is 424 g/mol. The van der Waals surface area contributed by atoms with Gasteiger partial charge >= 0.3 is 0 Å². The molecule has 1 aliphatic rings. The van der Waals surface area contributed by atoms with Crippen molar-refractivity contribution in [3.63, 3.8) is 0 Å². The van der Waals surface area contributed by atoms with Crippen molar-refractivity contribution in [2.75, 3.05) is 18.7 Å². The highest BCUT2D eigenvalue weighted by Crippen LogP contribution is 2.30. The van der Waals surface area contributed by atoms with Crippen molar-refractivity contribution in [2.45, 2.75) is 13.8 Å². The molecule has 0 aromatic heterocycles. The molecule has 0 saturated carbocycles. The number of hydrogen-bond acceptors (Lipinski definition) is 4. The molecule has 0 bridgehead atoms. The maximum atomic E-state index is 12.7. The Bertz CT molecular complexity index is 940. The van der Waals surface area contributed by atoms with Crippen molar-refractivity contribution < 1.29 is 19.1 Å². The van der Waals surface area contributed by atoms with Crippen LogP contribution in [0.5, 0.6) is 11.5 Å². The van der Waals surface area contributed by atoms with Crippen molar-refractivity contribution in [2.24, 2.45) is 5.92 Å². The van der Waals surface area contributed by atoms with Gasteiger partial charge in [0.25, 0.3) is 11.8 Å².